The van der Waals surface area contributed by atoms with E-state index in [1.54, 1.807) is 18.7 Å². The van der Waals surface area contributed by atoms with Gasteiger partial charge >= 0.3 is 0 Å². The van der Waals surface area contributed by atoms with E-state index < -0.39 is 184 Å². The third-order valence-corrected chi connectivity index (χ3v) is 20.8. The molecule has 0 aromatic heterocycles. The summed E-state index contributed by atoms with van der Waals surface area (Å²) in [5.74, 6) is -12.1. The van der Waals surface area contributed by atoms with Gasteiger partial charge in [-0.05, 0) is 138 Å². The molecule has 2 heterocycles. The van der Waals surface area contributed by atoms with E-state index in [1.165, 1.54) is 87.9 Å². The fourth-order valence-corrected chi connectivity index (χ4v) is 15.0. The Morgan fingerprint density at radius 3 is 1.38 bits per heavy atom. The molecule has 594 valence electrons. The Morgan fingerprint density at radius 2 is 0.913 bits per heavy atom. The molecule has 3 fully saturated rings. The molecule has 0 aromatic carbocycles. The standard InChI is InChI=1S/C74H131N13O16S/c1-42(2)32-52-71(97)85(21)59(37-47(11)12)74(100)86(22)63(48(13)14)68(94)78-53(38-50-28-29-51(60(39-50)103-23)64(90)79-104(24,101)102)70(96)80(16)41-62(89)82(18)56(34-44(5)6)66(92)77-54(72(98)87-30-26-25-27-31-87)40-61(88)81(17)55(33-43(3)4)65(91)75-49(15)69(95)84(20)58(36-46(9)10)73(99)83(19)57(35-45(7)8)67(93)76-52/h42-60,63H,25-41H2,1-24H3,(H,75,91)(H,76,93)(H,77,92)(H,78,94)(H,79,90)/t49-,50?,51?,52?,53-,54-,55-,56-,57-,58-,59-,60?,63-/m0/s1. The van der Waals surface area contributed by atoms with E-state index in [4.69, 9.17) is 4.74 Å². The Bertz CT molecular complexity index is 3080. The van der Waals surface area contributed by atoms with Crippen LogP contribution < -0.4 is 26.0 Å². The van der Waals surface area contributed by atoms with Crippen molar-refractivity contribution in [2.24, 2.45) is 53.3 Å². The van der Waals surface area contributed by atoms with Crippen molar-refractivity contribution in [2.45, 2.75) is 260 Å². The van der Waals surface area contributed by atoms with Gasteiger partial charge in [0.15, 0.2) is 0 Å². The molecule has 5 N–H and O–H groups in total. The summed E-state index contributed by atoms with van der Waals surface area (Å²) in [7, 11) is 7.36. The van der Waals surface area contributed by atoms with E-state index >= 15 is 33.6 Å². The summed E-state index contributed by atoms with van der Waals surface area (Å²) in [5.41, 5.74) is 0. The fourth-order valence-electron chi connectivity index (χ4n) is 14.5. The number of carbonyl (C=O) groups is 13. The van der Waals surface area contributed by atoms with Crippen LogP contribution in [0.1, 0.15) is 194 Å². The molecule has 13 atom stereocenters. The van der Waals surface area contributed by atoms with Crippen LogP contribution in [-0.4, -0.2) is 273 Å². The number of sulfonamides is 1. The SMILES string of the molecule is COC1CC(C[C@@H]2NC(=O)[C@H](C(C)C)N(C)C(=O)[C@H](CC(C)C)N(C)C(=O)C(CC(C)C)NC(=O)[C@H](CC(C)C)N(C)C(=O)[C@H](CC(C)C)N(C)C(=O)[C@H](C)NC(=O)[C@H](CC(C)C)N(C)C(=O)C[C@@H](C(=O)N3CCCCC3)NC(=O)[C@H](CC(C)C)N(C)C(=O)CN(C)C2=O)CCC1C(=O)NS(C)(=O)=O. The highest BCUT2D eigenvalue weighted by Gasteiger charge is 2.45. The van der Waals surface area contributed by atoms with Crippen molar-refractivity contribution in [3.8, 4) is 0 Å². The van der Waals surface area contributed by atoms with Crippen LogP contribution in [0.15, 0.2) is 0 Å². The quantitative estimate of drug-likeness (QED) is 0.123. The summed E-state index contributed by atoms with van der Waals surface area (Å²) in [6.07, 6.45) is 2.69. The number of likely N-dealkylation sites (N-methyl/N-ethyl adjacent to an activating group) is 7. The summed E-state index contributed by atoms with van der Waals surface area (Å²) in [4.78, 5) is 204. The van der Waals surface area contributed by atoms with Gasteiger partial charge in [-0.2, -0.15) is 0 Å². The van der Waals surface area contributed by atoms with E-state index in [2.05, 4.69) is 21.3 Å². The van der Waals surface area contributed by atoms with Crippen LogP contribution >= 0.6 is 0 Å². The molecule has 3 rings (SSSR count). The van der Waals surface area contributed by atoms with Crippen LogP contribution in [0.25, 0.3) is 0 Å². The minimum absolute atomic E-state index is 0.0544. The summed E-state index contributed by atoms with van der Waals surface area (Å²) in [6, 6.07) is -12.8. The van der Waals surface area contributed by atoms with E-state index in [9.17, 15) is 37.2 Å². The maximum absolute atomic E-state index is 15.4. The first-order chi connectivity index (χ1) is 48.1. The first kappa shape index (κ1) is 91.2. The molecule has 2 aliphatic heterocycles. The van der Waals surface area contributed by atoms with Gasteiger partial charge in [0.05, 0.1) is 31.2 Å². The number of methoxy groups -OCH3 is 1. The number of nitrogens with one attached hydrogen (secondary N) is 5. The Morgan fingerprint density at radius 1 is 0.490 bits per heavy atom. The van der Waals surface area contributed by atoms with Gasteiger partial charge in [0.25, 0.3) is 0 Å². The zero-order valence-electron chi connectivity index (χ0n) is 67.1. The Hall–Kier alpha value is -6.98. The summed E-state index contributed by atoms with van der Waals surface area (Å²) >= 11 is 0. The molecule has 0 radical (unpaired) electrons. The normalized spacial score (nSPS) is 27.6. The molecule has 3 aliphatic rings. The highest BCUT2D eigenvalue weighted by atomic mass is 32.2. The third kappa shape index (κ3) is 26.8. The zero-order chi connectivity index (χ0) is 79.4. The van der Waals surface area contributed by atoms with E-state index in [-0.39, 0.29) is 99.7 Å². The molecule has 29 nitrogen and oxygen atoms in total. The summed E-state index contributed by atoms with van der Waals surface area (Å²) in [5, 5.41) is 11.5. The Kier molecular flexibility index (Phi) is 36.2. The lowest BCUT2D eigenvalue weighted by Gasteiger charge is -2.39. The molecular weight excluding hydrogens is 1360 g/mol. The molecule has 4 unspecified atom stereocenters. The van der Waals surface area contributed by atoms with Crippen molar-refractivity contribution >= 4 is 86.8 Å². The smallest absolute Gasteiger partial charge is 0.245 e. The van der Waals surface area contributed by atoms with Gasteiger partial charge in [-0.3, -0.25) is 67.1 Å². The van der Waals surface area contributed by atoms with Gasteiger partial charge in [0, 0.05) is 69.5 Å². The molecule has 0 bridgehead atoms. The average Bonchev–Trinajstić information content (AvgIpc) is 0.805. The predicted octanol–water partition coefficient (Wildman–Crippen LogP) is 3.61. The molecule has 0 aromatic rings. The summed E-state index contributed by atoms with van der Waals surface area (Å²) in [6.45, 7) is 27.2. The fraction of sp³-hybridized carbons (Fsp3) is 0.824. The highest BCUT2D eigenvalue weighted by Crippen LogP contribution is 2.35. The molecule has 2 saturated heterocycles. The Balaban J connectivity index is 2.41. The number of carbonyl (C=O) groups excluding carboxylic acids is 13. The van der Waals surface area contributed by atoms with Crippen molar-refractivity contribution in [3.05, 3.63) is 0 Å². The first-order valence-corrected chi connectivity index (χ1v) is 39.4. The number of hydrogen-bond donors (Lipinski definition) is 5. The number of likely N-dealkylation sites (tertiary alicyclic amines) is 1. The molecule has 104 heavy (non-hydrogen) atoms. The van der Waals surface area contributed by atoms with Gasteiger partial charge in [-0.1, -0.05) is 96.9 Å². The topological polar surface area (TPSA) is 351 Å². The predicted molar refractivity (Wildman–Crippen MR) is 396 cm³/mol. The molecule has 0 spiro atoms. The number of nitrogens with zero attached hydrogens (tertiary/aromatic N) is 8. The second-order valence-electron chi connectivity index (χ2n) is 32.6. The van der Waals surface area contributed by atoms with Crippen LogP contribution in [0.3, 0.4) is 0 Å². The van der Waals surface area contributed by atoms with Crippen molar-refractivity contribution in [3.63, 3.8) is 0 Å². The average molecular weight is 1490 g/mol. The van der Waals surface area contributed by atoms with Crippen LogP contribution in [0.2, 0.25) is 0 Å². The van der Waals surface area contributed by atoms with E-state index in [1.807, 2.05) is 87.8 Å². The van der Waals surface area contributed by atoms with E-state index in [0.717, 1.165) is 22.5 Å². The number of amides is 13. The van der Waals surface area contributed by atoms with Crippen LogP contribution in [-0.2, 0) is 77.1 Å². The van der Waals surface area contributed by atoms with Crippen molar-refractivity contribution in [2.75, 3.05) is 82.3 Å². The lowest BCUT2D eigenvalue weighted by atomic mass is 9.76. The lowest BCUT2D eigenvalue weighted by Crippen LogP contribution is -2.62. The molecule has 1 aliphatic carbocycles. The summed E-state index contributed by atoms with van der Waals surface area (Å²) < 4.78 is 32.2. The van der Waals surface area contributed by atoms with Gasteiger partial charge in [-0.25, -0.2) is 8.42 Å². The number of rotatable bonds is 19. The van der Waals surface area contributed by atoms with Crippen molar-refractivity contribution < 1.29 is 75.5 Å². The van der Waals surface area contributed by atoms with Crippen molar-refractivity contribution in [1.82, 2.24) is 65.2 Å². The van der Waals surface area contributed by atoms with Gasteiger partial charge in [-0.15, -0.1) is 0 Å². The maximum Gasteiger partial charge on any atom is 0.245 e. The second kappa shape index (κ2) is 41.2. The van der Waals surface area contributed by atoms with Gasteiger partial charge in [0.1, 0.15) is 60.4 Å². The molecule has 1 saturated carbocycles. The maximum atomic E-state index is 15.4. The van der Waals surface area contributed by atoms with Crippen LogP contribution in [0, 0.1) is 53.3 Å². The van der Waals surface area contributed by atoms with Crippen LogP contribution in [0.5, 0.6) is 0 Å². The first-order valence-electron chi connectivity index (χ1n) is 37.5. The van der Waals surface area contributed by atoms with Gasteiger partial charge < -0.3 is 65.2 Å². The Labute approximate surface area is 620 Å². The molecule has 30 heteroatoms. The van der Waals surface area contributed by atoms with E-state index in [0.29, 0.717) is 25.9 Å². The molecule has 13 amide bonds. The zero-order valence-corrected chi connectivity index (χ0v) is 67.9. The molecular formula is C74H131N13O16S. The van der Waals surface area contributed by atoms with Crippen LogP contribution in [0.4, 0.5) is 0 Å². The lowest BCUT2D eigenvalue weighted by molar-refractivity contribution is -0.152. The van der Waals surface area contributed by atoms with Crippen molar-refractivity contribution in [1.29, 1.82) is 0 Å². The largest absolute Gasteiger partial charge is 0.381 e. The third-order valence-electron chi connectivity index (χ3n) is 20.3. The second-order valence-corrected chi connectivity index (χ2v) is 34.3. The number of piperidine rings is 1. The minimum Gasteiger partial charge on any atom is -0.381 e. The monoisotopic (exact) mass is 1490 g/mol. The number of ether oxygens (including phenoxy) is 1. The highest BCUT2D eigenvalue weighted by molar-refractivity contribution is 7.89. The van der Waals surface area contributed by atoms with Gasteiger partial charge in [0.2, 0.25) is 86.8 Å². The minimum atomic E-state index is -3.94. The number of hydrogen-bond acceptors (Lipinski definition) is 16.